The fourth-order valence-corrected chi connectivity index (χ4v) is 1.91. The van der Waals surface area contributed by atoms with E-state index in [4.69, 9.17) is 9.47 Å². The van der Waals surface area contributed by atoms with Gasteiger partial charge in [-0.15, -0.1) is 0 Å². The number of methoxy groups -OCH3 is 1. The molecule has 2 atom stereocenters. The van der Waals surface area contributed by atoms with Gasteiger partial charge in [-0.2, -0.15) is 0 Å². The van der Waals surface area contributed by atoms with Crippen molar-refractivity contribution in [2.45, 2.75) is 37.8 Å². The molecule has 0 spiro atoms. The third-order valence-corrected chi connectivity index (χ3v) is 2.81. The Labute approximate surface area is 92.0 Å². The summed E-state index contributed by atoms with van der Waals surface area (Å²) in [5, 5.41) is 13.0. The molecule has 1 saturated carbocycles. The van der Waals surface area contributed by atoms with E-state index in [1.54, 1.807) is 7.11 Å². The van der Waals surface area contributed by atoms with E-state index in [9.17, 15) is 5.11 Å². The standard InChI is InChI=1S/C11H23NO3/c1-14-8-9-15-7-6-12-10-4-2-3-5-11(10)13/h10-13H,2-9H2,1H3/t10-,11-/m1/s1. The number of aliphatic hydroxyl groups is 1. The van der Waals surface area contributed by atoms with Gasteiger partial charge >= 0.3 is 0 Å². The highest BCUT2D eigenvalue weighted by Crippen LogP contribution is 2.17. The highest BCUT2D eigenvalue weighted by atomic mass is 16.5. The van der Waals surface area contributed by atoms with Gasteiger partial charge in [-0.3, -0.25) is 0 Å². The number of nitrogens with one attached hydrogen (secondary N) is 1. The molecule has 15 heavy (non-hydrogen) atoms. The Balaban J connectivity index is 1.94. The average Bonchev–Trinajstić information content (AvgIpc) is 2.25. The summed E-state index contributed by atoms with van der Waals surface area (Å²) in [4.78, 5) is 0. The Bertz CT molecular complexity index is 155. The van der Waals surface area contributed by atoms with Gasteiger partial charge in [0.15, 0.2) is 0 Å². The van der Waals surface area contributed by atoms with Crippen LogP contribution in [0.5, 0.6) is 0 Å². The van der Waals surface area contributed by atoms with Crippen LogP contribution in [0.2, 0.25) is 0 Å². The second-order valence-corrected chi connectivity index (χ2v) is 4.02. The lowest BCUT2D eigenvalue weighted by Gasteiger charge is -2.28. The molecule has 0 saturated heterocycles. The molecule has 1 aliphatic rings. The van der Waals surface area contributed by atoms with Crippen LogP contribution in [0.15, 0.2) is 0 Å². The molecule has 0 aromatic heterocycles. The Kier molecular flexibility index (Phi) is 6.92. The number of hydrogen-bond donors (Lipinski definition) is 2. The van der Waals surface area contributed by atoms with E-state index in [0.717, 1.165) is 25.8 Å². The van der Waals surface area contributed by atoms with E-state index in [0.29, 0.717) is 19.8 Å². The molecule has 1 aliphatic carbocycles. The van der Waals surface area contributed by atoms with Gasteiger partial charge in [0.1, 0.15) is 0 Å². The normalized spacial score (nSPS) is 26.8. The summed E-state index contributed by atoms with van der Waals surface area (Å²) in [6.45, 7) is 2.79. The molecule has 90 valence electrons. The molecule has 0 aromatic carbocycles. The van der Waals surface area contributed by atoms with Gasteiger partial charge in [-0.25, -0.2) is 0 Å². The predicted molar refractivity (Wildman–Crippen MR) is 59.0 cm³/mol. The van der Waals surface area contributed by atoms with Crippen LogP contribution in [-0.2, 0) is 9.47 Å². The molecular formula is C11H23NO3. The summed E-state index contributed by atoms with van der Waals surface area (Å²) in [6.07, 6.45) is 4.22. The highest BCUT2D eigenvalue weighted by Gasteiger charge is 2.21. The first-order chi connectivity index (χ1) is 7.34. The van der Waals surface area contributed by atoms with Gasteiger partial charge in [0, 0.05) is 19.7 Å². The van der Waals surface area contributed by atoms with Crippen LogP contribution < -0.4 is 5.32 Å². The second kappa shape index (κ2) is 8.05. The Morgan fingerprint density at radius 1 is 1.20 bits per heavy atom. The first kappa shape index (κ1) is 12.9. The molecule has 0 heterocycles. The number of rotatable bonds is 7. The third kappa shape index (κ3) is 5.47. The molecule has 4 nitrogen and oxygen atoms in total. The quantitative estimate of drug-likeness (QED) is 0.611. The first-order valence-corrected chi connectivity index (χ1v) is 5.82. The van der Waals surface area contributed by atoms with Crippen LogP contribution in [0.3, 0.4) is 0 Å². The second-order valence-electron chi connectivity index (χ2n) is 4.02. The van der Waals surface area contributed by atoms with Crippen molar-refractivity contribution in [2.75, 3.05) is 33.5 Å². The zero-order valence-electron chi connectivity index (χ0n) is 9.58. The smallest absolute Gasteiger partial charge is 0.0700 e. The molecular weight excluding hydrogens is 194 g/mol. The SMILES string of the molecule is COCCOCCN[C@@H]1CCCC[C@H]1O. The van der Waals surface area contributed by atoms with Crippen LogP contribution in [0.1, 0.15) is 25.7 Å². The molecule has 0 unspecified atom stereocenters. The molecule has 0 amide bonds. The van der Waals surface area contributed by atoms with Gasteiger partial charge in [0.05, 0.1) is 25.9 Å². The lowest BCUT2D eigenvalue weighted by atomic mass is 9.93. The first-order valence-electron chi connectivity index (χ1n) is 5.82. The Morgan fingerprint density at radius 2 is 2.00 bits per heavy atom. The van der Waals surface area contributed by atoms with Gasteiger partial charge in [0.25, 0.3) is 0 Å². The summed E-state index contributed by atoms with van der Waals surface area (Å²) in [6, 6.07) is 0.268. The summed E-state index contributed by atoms with van der Waals surface area (Å²) in [5.41, 5.74) is 0. The largest absolute Gasteiger partial charge is 0.392 e. The number of aliphatic hydroxyl groups excluding tert-OH is 1. The van der Waals surface area contributed by atoms with E-state index in [2.05, 4.69) is 5.32 Å². The van der Waals surface area contributed by atoms with Gasteiger partial charge in [0.2, 0.25) is 0 Å². The topological polar surface area (TPSA) is 50.7 Å². The van der Waals surface area contributed by atoms with Crippen LogP contribution in [0, 0.1) is 0 Å². The summed E-state index contributed by atoms with van der Waals surface area (Å²) >= 11 is 0. The van der Waals surface area contributed by atoms with E-state index >= 15 is 0 Å². The van der Waals surface area contributed by atoms with Gasteiger partial charge < -0.3 is 19.9 Å². The number of hydrogen-bond acceptors (Lipinski definition) is 4. The molecule has 0 radical (unpaired) electrons. The monoisotopic (exact) mass is 217 g/mol. The van der Waals surface area contributed by atoms with E-state index in [1.807, 2.05) is 0 Å². The maximum absolute atomic E-state index is 9.69. The summed E-state index contributed by atoms with van der Waals surface area (Å²) in [5.74, 6) is 0. The molecule has 0 bridgehead atoms. The minimum atomic E-state index is -0.169. The van der Waals surface area contributed by atoms with Crippen molar-refractivity contribution in [3.63, 3.8) is 0 Å². The number of ether oxygens (including phenoxy) is 2. The van der Waals surface area contributed by atoms with E-state index < -0.39 is 0 Å². The van der Waals surface area contributed by atoms with Crippen LogP contribution in [-0.4, -0.2) is 50.7 Å². The van der Waals surface area contributed by atoms with Crippen molar-refractivity contribution in [3.8, 4) is 0 Å². The van der Waals surface area contributed by atoms with Crippen LogP contribution in [0.25, 0.3) is 0 Å². The molecule has 0 aromatic rings. The minimum Gasteiger partial charge on any atom is -0.392 e. The Morgan fingerprint density at radius 3 is 2.73 bits per heavy atom. The van der Waals surface area contributed by atoms with Crippen molar-refractivity contribution >= 4 is 0 Å². The van der Waals surface area contributed by atoms with Crippen molar-refractivity contribution in [1.82, 2.24) is 5.32 Å². The molecule has 0 aliphatic heterocycles. The predicted octanol–water partition coefficient (Wildman–Crippen LogP) is 0.542. The molecule has 1 fully saturated rings. The summed E-state index contributed by atoms with van der Waals surface area (Å²) < 4.78 is 10.2. The van der Waals surface area contributed by atoms with Gasteiger partial charge in [-0.1, -0.05) is 12.8 Å². The lowest BCUT2D eigenvalue weighted by molar-refractivity contribution is 0.0598. The van der Waals surface area contributed by atoms with Crippen molar-refractivity contribution in [3.05, 3.63) is 0 Å². The highest BCUT2D eigenvalue weighted by molar-refractivity contribution is 4.79. The van der Waals surface area contributed by atoms with Gasteiger partial charge in [-0.05, 0) is 12.8 Å². The maximum Gasteiger partial charge on any atom is 0.0700 e. The average molecular weight is 217 g/mol. The van der Waals surface area contributed by atoms with E-state index in [-0.39, 0.29) is 12.1 Å². The fourth-order valence-electron chi connectivity index (χ4n) is 1.91. The van der Waals surface area contributed by atoms with Crippen molar-refractivity contribution < 1.29 is 14.6 Å². The molecule has 1 rings (SSSR count). The fraction of sp³-hybridized carbons (Fsp3) is 1.00. The van der Waals surface area contributed by atoms with E-state index in [1.165, 1.54) is 6.42 Å². The van der Waals surface area contributed by atoms with Crippen molar-refractivity contribution in [2.24, 2.45) is 0 Å². The lowest BCUT2D eigenvalue weighted by Crippen LogP contribution is -2.43. The van der Waals surface area contributed by atoms with Crippen LogP contribution >= 0.6 is 0 Å². The third-order valence-electron chi connectivity index (χ3n) is 2.81. The zero-order valence-corrected chi connectivity index (χ0v) is 9.58. The van der Waals surface area contributed by atoms with Crippen molar-refractivity contribution in [1.29, 1.82) is 0 Å². The Hall–Kier alpha value is -0.160. The maximum atomic E-state index is 9.69. The van der Waals surface area contributed by atoms with Crippen LogP contribution in [0.4, 0.5) is 0 Å². The minimum absolute atomic E-state index is 0.169. The zero-order chi connectivity index (χ0) is 10.9. The summed E-state index contributed by atoms with van der Waals surface area (Å²) in [7, 11) is 1.67. The molecule has 4 heteroatoms. The molecule has 2 N–H and O–H groups in total.